The number of para-hydroxylation sites is 2. The van der Waals surface area contributed by atoms with Crippen molar-refractivity contribution in [1.82, 2.24) is 10.3 Å². The van der Waals surface area contributed by atoms with Crippen molar-refractivity contribution in [1.29, 1.82) is 0 Å². The number of amides is 1. The number of nitrogens with zero attached hydrogens (tertiary/aromatic N) is 1. The van der Waals surface area contributed by atoms with Crippen LogP contribution in [0.15, 0.2) is 42.6 Å². The van der Waals surface area contributed by atoms with E-state index in [4.69, 9.17) is 9.47 Å². The zero-order valence-electron chi connectivity index (χ0n) is 15.7. The number of aliphatic hydroxyl groups is 2. The molecular formula is C20H25N3O5. The maximum absolute atomic E-state index is 12.3. The number of benzene rings is 1. The molecule has 8 heteroatoms. The first kappa shape index (κ1) is 19.9. The third-order valence-electron chi connectivity index (χ3n) is 4.47. The number of pyridine rings is 1. The summed E-state index contributed by atoms with van der Waals surface area (Å²) in [6, 6.07) is 10.8. The first-order valence-corrected chi connectivity index (χ1v) is 9.15. The molecule has 0 saturated heterocycles. The molecule has 0 unspecified atom stereocenters. The van der Waals surface area contributed by atoms with Crippen molar-refractivity contribution in [2.24, 2.45) is 0 Å². The van der Waals surface area contributed by atoms with Crippen LogP contribution >= 0.6 is 0 Å². The highest BCUT2D eigenvalue weighted by Gasteiger charge is 2.23. The fraction of sp³-hybridized carbons (Fsp3) is 0.400. The Kier molecular flexibility index (Phi) is 6.33. The van der Waals surface area contributed by atoms with Gasteiger partial charge in [0, 0.05) is 19.2 Å². The topological polar surface area (TPSA) is 113 Å². The zero-order valence-corrected chi connectivity index (χ0v) is 15.7. The largest absolute Gasteiger partial charge is 0.486 e. The summed E-state index contributed by atoms with van der Waals surface area (Å²) in [7, 11) is 0. The van der Waals surface area contributed by atoms with Gasteiger partial charge in [0.05, 0.1) is 24.3 Å². The number of rotatable bonds is 8. The average Bonchev–Trinajstić information content (AvgIpc) is 2.74. The number of aromatic nitrogens is 1. The Hall–Kier alpha value is -2.84. The molecule has 2 aromatic rings. The molecule has 1 aromatic carbocycles. The van der Waals surface area contributed by atoms with E-state index in [2.05, 4.69) is 15.6 Å². The lowest BCUT2D eigenvalue weighted by atomic mass is 10.1. The number of hydrogen-bond acceptors (Lipinski definition) is 7. The van der Waals surface area contributed by atoms with Crippen LogP contribution in [0, 0.1) is 0 Å². The van der Waals surface area contributed by atoms with Crippen LogP contribution in [0.3, 0.4) is 0 Å². The summed E-state index contributed by atoms with van der Waals surface area (Å²) >= 11 is 0. The maximum Gasteiger partial charge on any atom is 0.252 e. The van der Waals surface area contributed by atoms with Crippen molar-refractivity contribution >= 4 is 11.7 Å². The van der Waals surface area contributed by atoms with E-state index in [9.17, 15) is 15.0 Å². The maximum atomic E-state index is 12.3. The van der Waals surface area contributed by atoms with E-state index < -0.39 is 5.54 Å². The van der Waals surface area contributed by atoms with Gasteiger partial charge in [0.25, 0.3) is 5.91 Å². The lowest BCUT2D eigenvalue weighted by Gasteiger charge is -2.26. The first-order chi connectivity index (χ1) is 13.5. The molecule has 0 aliphatic carbocycles. The van der Waals surface area contributed by atoms with Crippen LogP contribution in [0.2, 0.25) is 0 Å². The average molecular weight is 387 g/mol. The molecule has 0 fully saturated rings. The van der Waals surface area contributed by atoms with Gasteiger partial charge in [0.1, 0.15) is 18.5 Å². The third-order valence-corrected chi connectivity index (χ3v) is 4.47. The van der Waals surface area contributed by atoms with E-state index in [0.29, 0.717) is 31.0 Å². The molecule has 1 atom stereocenters. The second-order valence-corrected chi connectivity index (χ2v) is 6.98. The molecule has 0 bridgehead atoms. The van der Waals surface area contributed by atoms with Crippen molar-refractivity contribution in [3.05, 3.63) is 48.2 Å². The Morgan fingerprint density at radius 2 is 1.96 bits per heavy atom. The molecule has 2 heterocycles. The number of hydrogen-bond donors (Lipinski definition) is 4. The molecule has 4 N–H and O–H groups in total. The standard InChI is InChI=1S/C20H25N3O5/c1-20(12-24,13-25)23-18-7-6-14(10-22-18)19(26)21-9-8-15-11-27-16-4-2-3-5-17(16)28-15/h2-7,10,15,24-25H,8-9,11-13H2,1H3,(H,21,26)(H,22,23)/t15-/m0/s1. The van der Waals surface area contributed by atoms with Gasteiger partial charge in [0.15, 0.2) is 11.5 Å². The van der Waals surface area contributed by atoms with Crippen molar-refractivity contribution in [3.8, 4) is 11.5 Å². The number of anilines is 1. The number of carbonyl (C=O) groups excluding carboxylic acids is 1. The second kappa shape index (κ2) is 8.90. The van der Waals surface area contributed by atoms with Gasteiger partial charge in [-0.15, -0.1) is 0 Å². The van der Waals surface area contributed by atoms with Gasteiger partial charge in [-0.3, -0.25) is 4.79 Å². The Balaban J connectivity index is 1.46. The highest BCUT2D eigenvalue weighted by atomic mass is 16.6. The van der Waals surface area contributed by atoms with Crippen LogP contribution in [-0.2, 0) is 0 Å². The zero-order chi connectivity index (χ0) is 20.0. The van der Waals surface area contributed by atoms with Gasteiger partial charge in [0.2, 0.25) is 0 Å². The number of aliphatic hydroxyl groups excluding tert-OH is 2. The normalized spacial score (nSPS) is 15.8. The SMILES string of the molecule is CC(CO)(CO)Nc1ccc(C(=O)NCC[C@H]2COc3ccccc3O2)cn1. The van der Waals surface area contributed by atoms with Crippen LogP contribution < -0.4 is 20.1 Å². The molecule has 28 heavy (non-hydrogen) atoms. The van der Waals surface area contributed by atoms with E-state index in [0.717, 1.165) is 11.5 Å². The first-order valence-electron chi connectivity index (χ1n) is 9.15. The van der Waals surface area contributed by atoms with Gasteiger partial charge in [-0.2, -0.15) is 0 Å². The summed E-state index contributed by atoms with van der Waals surface area (Å²) in [5.41, 5.74) is -0.455. The van der Waals surface area contributed by atoms with E-state index in [1.165, 1.54) is 6.20 Å². The van der Waals surface area contributed by atoms with E-state index >= 15 is 0 Å². The summed E-state index contributed by atoms with van der Waals surface area (Å²) in [5.74, 6) is 1.69. The molecular weight excluding hydrogens is 362 g/mol. The van der Waals surface area contributed by atoms with Gasteiger partial charge < -0.3 is 30.3 Å². The van der Waals surface area contributed by atoms with Crippen LogP contribution in [0.1, 0.15) is 23.7 Å². The summed E-state index contributed by atoms with van der Waals surface area (Å²) < 4.78 is 11.5. The predicted molar refractivity (Wildman–Crippen MR) is 104 cm³/mol. The minimum atomic E-state index is -0.878. The predicted octanol–water partition coefficient (Wildman–Crippen LogP) is 1.20. The van der Waals surface area contributed by atoms with Crippen molar-refractivity contribution in [3.63, 3.8) is 0 Å². The monoisotopic (exact) mass is 387 g/mol. The molecule has 0 saturated carbocycles. The number of ether oxygens (including phenoxy) is 2. The molecule has 150 valence electrons. The quantitative estimate of drug-likeness (QED) is 0.538. The molecule has 1 aliphatic heterocycles. The van der Waals surface area contributed by atoms with Crippen LogP contribution in [0.4, 0.5) is 5.82 Å². The second-order valence-electron chi connectivity index (χ2n) is 6.98. The fourth-order valence-electron chi connectivity index (χ4n) is 2.69. The van der Waals surface area contributed by atoms with Crippen LogP contribution in [0.5, 0.6) is 11.5 Å². The smallest absolute Gasteiger partial charge is 0.252 e. The van der Waals surface area contributed by atoms with Crippen LogP contribution in [0.25, 0.3) is 0 Å². The Labute approximate surface area is 163 Å². The van der Waals surface area contributed by atoms with Gasteiger partial charge >= 0.3 is 0 Å². The molecule has 8 nitrogen and oxygen atoms in total. The van der Waals surface area contributed by atoms with E-state index in [1.807, 2.05) is 24.3 Å². The molecule has 3 rings (SSSR count). The summed E-state index contributed by atoms with van der Waals surface area (Å²) in [6.45, 7) is 2.08. The summed E-state index contributed by atoms with van der Waals surface area (Å²) in [4.78, 5) is 16.4. The molecule has 0 radical (unpaired) electrons. The Bertz CT molecular complexity index is 793. The van der Waals surface area contributed by atoms with Gasteiger partial charge in [-0.05, 0) is 31.2 Å². The minimum absolute atomic E-state index is 0.116. The number of fused-ring (bicyclic) bond motifs is 1. The minimum Gasteiger partial charge on any atom is -0.486 e. The summed E-state index contributed by atoms with van der Waals surface area (Å²) in [5, 5.41) is 24.4. The lowest BCUT2D eigenvalue weighted by molar-refractivity contribution is 0.0812. The van der Waals surface area contributed by atoms with Crippen molar-refractivity contribution in [2.45, 2.75) is 25.0 Å². The molecule has 1 amide bonds. The molecule has 1 aromatic heterocycles. The Morgan fingerprint density at radius 3 is 2.64 bits per heavy atom. The summed E-state index contributed by atoms with van der Waals surface area (Å²) in [6.07, 6.45) is 1.96. The van der Waals surface area contributed by atoms with Gasteiger partial charge in [-0.25, -0.2) is 4.98 Å². The van der Waals surface area contributed by atoms with Crippen LogP contribution in [-0.4, -0.2) is 59.1 Å². The van der Waals surface area contributed by atoms with Crippen molar-refractivity contribution < 1.29 is 24.5 Å². The third kappa shape index (κ3) is 4.90. The molecule has 1 aliphatic rings. The highest BCUT2D eigenvalue weighted by molar-refractivity contribution is 5.94. The highest BCUT2D eigenvalue weighted by Crippen LogP contribution is 2.31. The van der Waals surface area contributed by atoms with Crippen molar-refractivity contribution in [2.75, 3.05) is 31.7 Å². The number of nitrogens with one attached hydrogen (secondary N) is 2. The number of carbonyl (C=O) groups is 1. The molecule has 0 spiro atoms. The fourth-order valence-corrected chi connectivity index (χ4v) is 2.69. The van der Waals surface area contributed by atoms with E-state index in [1.54, 1.807) is 19.1 Å². The van der Waals surface area contributed by atoms with E-state index in [-0.39, 0.29) is 25.2 Å². The Morgan fingerprint density at radius 1 is 1.21 bits per heavy atom. The lowest BCUT2D eigenvalue weighted by Crippen LogP contribution is -2.42. The van der Waals surface area contributed by atoms with Gasteiger partial charge in [-0.1, -0.05) is 12.1 Å².